The molecule has 1 atom stereocenters. The summed E-state index contributed by atoms with van der Waals surface area (Å²) in [5.41, 5.74) is 0. The summed E-state index contributed by atoms with van der Waals surface area (Å²) in [5, 5.41) is 34.6. The Labute approximate surface area is 56.1 Å². The van der Waals surface area contributed by atoms with Crippen LogP contribution >= 0.6 is 0 Å². The van der Waals surface area contributed by atoms with E-state index in [1.54, 1.807) is 0 Å². The summed E-state index contributed by atoms with van der Waals surface area (Å²) in [7, 11) is 0. The van der Waals surface area contributed by atoms with Gasteiger partial charge in [-0.15, -0.1) is 0 Å². The second kappa shape index (κ2) is 2.11. The van der Waals surface area contributed by atoms with Crippen molar-refractivity contribution in [1.82, 2.24) is 0 Å². The summed E-state index contributed by atoms with van der Waals surface area (Å²) in [4.78, 5) is 0. The summed E-state index contributed by atoms with van der Waals surface area (Å²) >= 11 is 0. The lowest BCUT2D eigenvalue weighted by Gasteiger charge is -2.15. The van der Waals surface area contributed by atoms with Gasteiger partial charge in [0.2, 0.25) is 11.5 Å². The topological polar surface area (TPSA) is 90.2 Å². The maximum absolute atomic E-state index is 8.69. The highest BCUT2D eigenvalue weighted by atomic mass is 16.6. The van der Waals surface area contributed by atoms with Gasteiger partial charge >= 0.3 is 0 Å². The van der Waals surface area contributed by atoms with Crippen LogP contribution in [0.2, 0.25) is 0 Å². The summed E-state index contributed by atoms with van der Waals surface area (Å²) in [6.07, 6.45) is -0.851. The standard InChI is InChI=1S/C5H6O5/c6-2-1-10-5(9)4(8)3(2)7/h1,5-9H. The predicted octanol–water partition coefficient (Wildman–Crippen LogP) is 0.0620. The van der Waals surface area contributed by atoms with Crippen LogP contribution in [0.1, 0.15) is 0 Å². The van der Waals surface area contributed by atoms with Crippen molar-refractivity contribution in [3.8, 4) is 0 Å². The molecule has 1 heterocycles. The Balaban J connectivity index is 2.94. The first-order valence-electron chi connectivity index (χ1n) is 2.48. The quantitative estimate of drug-likeness (QED) is 0.388. The smallest absolute Gasteiger partial charge is 0.259 e. The second-order valence-electron chi connectivity index (χ2n) is 1.73. The highest BCUT2D eigenvalue weighted by molar-refractivity contribution is 5.22. The average molecular weight is 146 g/mol. The molecule has 0 radical (unpaired) electrons. The van der Waals surface area contributed by atoms with E-state index >= 15 is 0 Å². The van der Waals surface area contributed by atoms with Gasteiger partial charge in [0.25, 0.3) is 6.29 Å². The van der Waals surface area contributed by atoms with Gasteiger partial charge in [-0.3, -0.25) is 0 Å². The molecule has 0 aliphatic carbocycles. The molecular formula is C5H6O5. The Morgan fingerprint density at radius 3 is 2.40 bits per heavy atom. The van der Waals surface area contributed by atoms with Gasteiger partial charge in [-0.25, -0.2) is 0 Å². The molecule has 0 aromatic rings. The molecule has 56 valence electrons. The molecule has 4 N–H and O–H groups in total. The molecule has 0 saturated heterocycles. The average Bonchev–Trinajstić information content (AvgIpc) is 1.93. The van der Waals surface area contributed by atoms with Crippen LogP contribution in [0.5, 0.6) is 0 Å². The van der Waals surface area contributed by atoms with E-state index in [9.17, 15) is 0 Å². The first kappa shape index (κ1) is 6.76. The van der Waals surface area contributed by atoms with Gasteiger partial charge in [0.15, 0.2) is 5.76 Å². The molecule has 0 amide bonds. The number of hydrogen-bond acceptors (Lipinski definition) is 5. The molecule has 1 unspecified atom stereocenters. The fourth-order valence-electron chi connectivity index (χ4n) is 0.497. The number of rotatable bonds is 0. The molecule has 1 aliphatic heterocycles. The molecule has 5 heteroatoms. The molecule has 1 rings (SSSR count). The van der Waals surface area contributed by atoms with Crippen LogP contribution in [0.15, 0.2) is 23.5 Å². The zero-order valence-electron chi connectivity index (χ0n) is 4.85. The zero-order chi connectivity index (χ0) is 7.72. The van der Waals surface area contributed by atoms with Gasteiger partial charge in [0.1, 0.15) is 6.26 Å². The summed E-state index contributed by atoms with van der Waals surface area (Å²) in [6, 6.07) is 0. The van der Waals surface area contributed by atoms with E-state index in [-0.39, 0.29) is 0 Å². The Bertz CT molecular complexity index is 204. The first-order chi connectivity index (χ1) is 4.63. The fraction of sp³-hybridized carbons (Fsp3) is 0.200. The van der Waals surface area contributed by atoms with E-state index in [4.69, 9.17) is 20.4 Å². The van der Waals surface area contributed by atoms with Crippen LogP contribution < -0.4 is 0 Å². The van der Waals surface area contributed by atoms with Gasteiger partial charge in [0, 0.05) is 0 Å². The minimum absolute atomic E-state index is 0.609. The molecule has 0 spiro atoms. The number of aliphatic hydroxyl groups excluding tert-OH is 4. The SMILES string of the molecule is OC1=COC(O)C(O)=C1O. The fourth-order valence-corrected chi connectivity index (χ4v) is 0.497. The van der Waals surface area contributed by atoms with E-state index < -0.39 is 23.6 Å². The van der Waals surface area contributed by atoms with Crippen molar-refractivity contribution in [3.05, 3.63) is 23.5 Å². The van der Waals surface area contributed by atoms with Crippen LogP contribution in [-0.4, -0.2) is 26.7 Å². The van der Waals surface area contributed by atoms with Gasteiger partial charge in [-0.1, -0.05) is 0 Å². The lowest BCUT2D eigenvalue weighted by molar-refractivity contribution is -0.0623. The predicted molar refractivity (Wildman–Crippen MR) is 30.1 cm³/mol. The molecule has 0 aromatic heterocycles. The monoisotopic (exact) mass is 146 g/mol. The number of ether oxygens (including phenoxy) is 1. The molecular weight excluding hydrogens is 140 g/mol. The van der Waals surface area contributed by atoms with E-state index in [2.05, 4.69) is 4.74 Å². The highest BCUT2D eigenvalue weighted by Gasteiger charge is 2.22. The third-order valence-corrected chi connectivity index (χ3v) is 1.03. The third kappa shape index (κ3) is 0.863. The Morgan fingerprint density at radius 2 is 1.90 bits per heavy atom. The molecule has 0 saturated carbocycles. The molecule has 1 aliphatic rings. The minimum Gasteiger partial charge on any atom is -0.503 e. The maximum Gasteiger partial charge on any atom is 0.259 e. The van der Waals surface area contributed by atoms with Crippen LogP contribution in [0.4, 0.5) is 0 Å². The number of aliphatic hydroxyl groups is 4. The normalized spacial score (nSPS) is 25.7. The van der Waals surface area contributed by atoms with Crippen molar-refractivity contribution >= 4 is 0 Å². The minimum atomic E-state index is -1.59. The van der Waals surface area contributed by atoms with E-state index in [0.29, 0.717) is 0 Å². The third-order valence-electron chi connectivity index (χ3n) is 1.03. The summed E-state index contributed by atoms with van der Waals surface area (Å²) in [5.74, 6) is -2.17. The first-order valence-corrected chi connectivity index (χ1v) is 2.48. The Morgan fingerprint density at radius 1 is 1.30 bits per heavy atom. The lowest BCUT2D eigenvalue weighted by Crippen LogP contribution is -2.18. The van der Waals surface area contributed by atoms with Crippen LogP contribution in [-0.2, 0) is 4.74 Å². The number of hydrogen-bond donors (Lipinski definition) is 4. The molecule has 0 fully saturated rings. The van der Waals surface area contributed by atoms with Gasteiger partial charge in [-0.05, 0) is 0 Å². The van der Waals surface area contributed by atoms with E-state index in [0.717, 1.165) is 6.26 Å². The van der Waals surface area contributed by atoms with Crippen molar-refractivity contribution < 1.29 is 25.2 Å². The Kier molecular flexibility index (Phi) is 1.42. The largest absolute Gasteiger partial charge is 0.503 e. The summed E-state index contributed by atoms with van der Waals surface area (Å²) < 4.78 is 4.25. The molecule has 5 nitrogen and oxygen atoms in total. The van der Waals surface area contributed by atoms with Crippen LogP contribution in [0.25, 0.3) is 0 Å². The van der Waals surface area contributed by atoms with Gasteiger partial charge in [-0.2, -0.15) is 0 Å². The van der Waals surface area contributed by atoms with Crippen molar-refractivity contribution in [3.63, 3.8) is 0 Å². The Hall–Kier alpha value is -1.36. The van der Waals surface area contributed by atoms with Gasteiger partial charge < -0.3 is 25.2 Å². The van der Waals surface area contributed by atoms with Crippen molar-refractivity contribution in [1.29, 1.82) is 0 Å². The highest BCUT2D eigenvalue weighted by Crippen LogP contribution is 2.17. The molecule has 0 aromatic carbocycles. The zero-order valence-corrected chi connectivity index (χ0v) is 4.85. The lowest BCUT2D eigenvalue weighted by atomic mass is 10.3. The van der Waals surface area contributed by atoms with Gasteiger partial charge in [0.05, 0.1) is 0 Å². The second-order valence-corrected chi connectivity index (χ2v) is 1.73. The van der Waals surface area contributed by atoms with E-state index in [1.807, 2.05) is 0 Å². The maximum atomic E-state index is 8.69. The van der Waals surface area contributed by atoms with E-state index in [1.165, 1.54) is 0 Å². The van der Waals surface area contributed by atoms with Crippen LogP contribution in [0.3, 0.4) is 0 Å². The van der Waals surface area contributed by atoms with Crippen molar-refractivity contribution in [2.75, 3.05) is 0 Å². The summed E-state index contributed by atoms with van der Waals surface area (Å²) in [6.45, 7) is 0. The van der Waals surface area contributed by atoms with Crippen molar-refractivity contribution in [2.24, 2.45) is 0 Å². The van der Waals surface area contributed by atoms with Crippen molar-refractivity contribution in [2.45, 2.75) is 6.29 Å². The van der Waals surface area contributed by atoms with Crippen LogP contribution in [0, 0.1) is 0 Å². The molecule has 0 bridgehead atoms. The molecule has 10 heavy (non-hydrogen) atoms.